The lowest BCUT2D eigenvalue weighted by Gasteiger charge is -1.93. The summed E-state index contributed by atoms with van der Waals surface area (Å²) in [5.74, 6) is 0. The van der Waals surface area contributed by atoms with Crippen molar-refractivity contribution < 1.29 is 0 Å². The normalized spacial score (nSPS) is 8.66. The van der Waals surface area contributed by atoms with Crippen molar-refractivity contribution in [2.24, 2.45) is 0 Å². The van der Waals surface area contributed by atoms with Crippen molar-refractivity contribution in [2.45, 2.75) is 87.0 Å². The first-order valence-electron chi connectivity index (χ1n) is 11.5. The molecule has 0 aliphatic heterocycles. The number of nitrogens with zero attached hydrogens (tertiary/aromatic N) is 2. The Labute approximate surface area is 180 Å². The molecule has 1 heterocycles. The van der Waals surface area contributed by atoms with Gasteiger partial charge in [0, 0.05) is 11.6 Å². The highest BCUT2D eigenvalue weighted by atomic mass is 14.8. The van der Waals surface area contributed by atoms with E-state index in [1.165, 1.54) is 44.1 Å². The quantitative estimate of drug-likeness (QED) is 0.402. The minimum absolute atomic E-state index is 0.998. The van der Waals surface area contributed by atoms with Crippen LogP contribution in [0.3, 0.4) is 0 Å². The van der Waals surface area contributed by atoms with Crippen molar-refractivity contribution in [2.75, 3.05) is 0 Å². The molecule has 162 valence electrons. The van der Waals surface area contributed by atoms with Gasteiger partial charge in [0.15, 0.2) is 0 Å². The molecule has 0 bridgehead atoms. The molecule has 2 aromatic carbocycles. The molecular formula is C27H44N2. The van der Waals surface area contributed by atoms with Crippen LogP contribution in [0.25, 0.3) is 10.9 Å². The van der Waals surface area contributed by atoms with Gasteiger partial charge >= 0.3 is 0 Å². The van der Waals surface area contributed by atoms with E-state index < -0.39 is 0 Å². The monoisotopic (exact) mass is 396 g/mol. The van der Waals surface area contributed by atoms with Crippen LogP contribution in [0.15, 0.2) is 67.1 Å². The molecule has 29 heavy (non-hydrogen) atoms. The van der Waals surface area contributed by atoms with Gasteiger partial charge in [0.1, 0.15) is 6.33 Å². The number of hydrogen-bond donors (Lipinski definition) is 0. The molecule has 0 radical (unpaired) electrons. The fourth-order valence-corrected chi connectivity index (χ4v) is 2.36. The van der Waals surface area contributed by atoms with E-state index in [0.29, 0.717) is 0 Å². The third-order valence-corrected chi connectivity index (χ3v) is 3.75. The molecule has 2 heteroatoms. The number of hydrogen-bond acceptors (Lipinski definition) is 2. The van der Waals surface area contributed by atoms with Crippen LogP contribution < -0.4 is 0 Å². The van der Waals surface area contributed by atoms with E-state index in [1.54, 1.807) is 6.33 Å². The molecule has 0 amide bonds. The lowest BCUT2D eigenvalue weighted by atomic mass is 10.1. The highest BCUT2D eigenvalue weighted by Crippen LogP contribution is 2.06. The Hall–Kier alpha value is -2.22. The number of benzene rings is 2. The van der Waals surface area contributed by atoms with Crippen molar-refractivity contribution in [1.29, 1.82) is 0 Å². The van der Waals surface area contributed by atoms with Gasteiger partial charge in [-0.3, -0.25) is 0 Å². The second kappa shape index (κ2) is 23.8. The summed E-state index contributed by atoms with van der Waals surface area (Å²) in [6, 6.07) is 18.5. The van der Waals surface area contributed by atoms with Crippen LogP contribution >= 0.6 is 0 Å². The van der Waals surface area contributed by atoms with Crippen LogP contribution in [-0.4, -0.2) is 9.97 Å². The maximum Gasteiger partial charge on any atom is 0.116 e. The van der Waals surface area contributed by atoms with E-state index in [9.17, 15) is 0 Å². The predicted molar refractivity (Wildman–Crippen MR) is 132 cm³/mol. The number of aromatic nitrogens is 2. The first-order chi connectivity index (χ1) is 14.3. The zero-order chi connectivity index (χ0) is 22.2. The van der Waals surface area contributed by atoms with Gasteiger partial charge in [0.2, 0.25) is 0 Å². The van der Waals surface area contributed by atoms with E-state index in [-0.39, 0.29) is 0 Å². The number of para-hydroxylation sites is 1. The summed E-state index contributed by atoms with van der Waals surface area (Å²) in [4.78, 5) is 7.97. The summed E-state index contributed by atoms with van der Waals surface area (Å²) in [5.41, 5.74) is 2.44. The Morgan fingerprint density at radius 1 is 0.655 bits per heavy atom. The Balaban J connectivity index is 0. The summed E-state index contributed by atoms with van der Waals surface area (Å²) < 4.78 is 0. The lowest BCUT2D eigenvalue weighted by Crippen LogP contribution is -1.78. The first-order valence-corrected chi connectivity index (χ1v) is 11.5. The minimum Gasteiger partial charge on any atom is -0.244 e. The summed E-state index contributed by atoms with van der Waals surface area (Å²) in [7, 11) is 0. The van der Waals surface area contributed by atoms with Gasteiger partial charge in [0.05, 0.1) is 5.52 Å². The molecule has 0 aliphatic rings. The van der Waals surface area contributed by atoms with Gasteiger partial charge in [-0.25, -0.2) is 9.97 Å². The van der Waals surface area contributed by atoms with Gasteiger partial charge in [-0.1, -0.05) is 129 Å². The number of fused-ring (bicyclic) bond motifs is 1. The first kappa shape index (κ1) is 29.0. The van der Waals surface area contributed by atoms with Gasteiger partial charge in [-0.2, -0.15) is 0 Å². The van der Waals surface area contributed by atoms with Crippen LogP contribution in [0.4, 0.5) is 0 Å². The molecule has 0 fully saturated rings. The standard InChI is InChI=1S/C9H12.C8H6N2.C6H14.2C2H6/c1-2-6-9-7-4-3-5-8-9;1-2-4-8-7(3-1)5-9-6-10-8;1-3-5-6-4-2;2*1-2/h3-5,7-8H,2,6H2,1H3;1-6H;3-6H2,1-2H3;2*1-2H3. The zero-order valence-electron chi connectivity index (χ0n) is 20.0. The largest absolute Gasteiger partial charge is 0.244 e. The number of aryl methyl sites for hydroxylation is 1. The van der Waals surface area contributed by atoms with Crippen molar-refractivity contribution >= 4 is 10.9 Å². The molecule has 0 N–H and O–H groups in total. The number of unbranched alkanes of at least 4 members (excludes halogenated alkanes) is 3. The molecule has 0 saturated carbocycles. The van der Waals surface area contributed by atoms with E-state index >= 15 is 0 Å². The Morgan fingerprint density at radius 3 is 1.72 bits per heavy atom. The third-order valence-electron chi connectivity index (χ3n) is 3.75. The van der Waals surface area contributed by atoms with E-state index in [4.69, 9.17) is 0 Å². The topological polar surface area (TPSA) is 25.8 Å². The smallest absolute Gasteiger partial charge is 0.116 e. The second-order valence-electron chi connectivity index (χ2n) is 6.02. The van der Waals surface area contributed by atoms with Crippen LogP contribution in [0.2, 0.25) is 0 Å². The molecule has 0 saturated heterocycles. The fourth-order valence-electron chi connectivity index (χ4n) is 2.36. The summed E-state index contributed by atoms with van der Waals surface area (Å²) >= 11 is 0. The average Bonchev–Trinajstić information content (AvgIpc) is 2.82. The minimum atomic E-state index is 0.998. The summed E-state index contributed by atoms with van der Waals surface area (Å²) in [6.45, 7) is 14.7. The van der Waals surface area contributed by atoms with Gasteiger partial charge in [0.25, 0.3) is 0 Å². The van der Waals surface area contributed by atoms with Crippen LogP contribution in [-0.2, 0) is 6.42 Å². The molecule has 0 spiro atoms. The zero-order valence-corrected chi connectivity index (χ0v) is 20.0. The fraction of sp³-hybridized carbons (Fsp3) is 0.481. The van der Waals surface area contributed by atoms with Crippen LogP contribution in [0.5, 0.6) is 0 Å². The Kier molecular flexibility index (Phi) is 23.8. The average molecular weight is 397 g/mol. The highest BCUT2D eigenvalue weighted by Gasteiger charge is 1.87. The SMILES string of the molecule is CC.CC.CCCCCC.CCCc1ccccc1.c1ccc2ncncc2c1. The molecule has 3 rings (SSSR count). The van der Waals surface area contributed by atoms with Crippen molar-refractivity contribution in [1.82, 2.24) is 9.97 Å². The van der Waals surface area contributed by atoms with Crippen LogP contribution in [0, 0.1) is 0 Å². The van der Waals surface area contributed by atoms with Gasteiger partial charge in [-0.15, -0.1) is 0 Å². The van der Waals surface area contributed by atoms with Gasteiger partial charge < -0.3 is 0 Å². The van der Waals surface area contributed by atoms with Crippen molar-refractivity contribution in [3.8, 4) is 0 Å². The maximum atomic E-state index is 4.07. The third kappa shape index (κ3) is 16.4. The summed E-state index contributed by atoms with van der Waals surface area (Å²) in [6.07, 6.45) is 11.4. The molecular weight excluding hydrogens is 352 g/mol. The number of rotatable bonds is 5. The van der Waals surface area contributed by atoms with Crippen molar-refractivity contribution in [3.63, 3.8) is 0 Å². The Morgan fingerprint density at radius 2 is 1.21 bits per heavy atom. The second-order valence-corrected chi connectivity index (χ2v) is 6.02. The molecule has 2 nitrogen and oxygen atoms in total. The molecule has 0 aliphatic carbocycles. The van der Waals surface area contributed by atoms with Crippen LogP contribution in [0.1, 0.15) is 86.1 Å². The molecule has 0 atom stereocenters. The Bertz CT molecular complexity index is 596. The maximum absolute atomic E-state index is 4.07. The highest BCUT2D eigenvalue weighted by molar-refractivity contribution is 5.76. The van der Waals surface area contributed by atoms with E-state index in [1.807, 2.05) is 58.2 Å². The van der Waals surface area contributed by atoms with Crippen molar-refractivity contribution in [3.05, 3.63) is 72.7 Å². The predicted octanol–water partition coefficient (Wildman–Crippen LogP) is 8.91. The molecule has 1 aromatic heterocycles. The lowest BCUT2D eigenvalue weighted by molar-refractivity contribution is 0.702. The van der Waals surface area contributed by atoms with E-state index in [2.05, 4.69) is 61.1 Å². The molecule has 3 aromatic rings. The summed E-state index contributed by atoms with van der Waals surface area (Å²) in [5, 5.41) is 1.09. The van der Waals surface area contributed by atoms with Gasteiger partial charge in [-0.05, 0) is 18.1 Å². The molecule has 0 unspecified atom stereocenters. The van der Waals surface area contributed by atoms with E-state index in [0.717, 1.165) is 10.9 Å².